The summed E-state index contributed by atoms with van der Waals surface area (Å²) in [6, 6.07) is 2.12. The molecule has 2 aromatic rings. The molecule has 1 atom stereocenters. The topological polar surface area (TPSA) is 60.3 Å². The molecule has 4 nitrogen and oxygen atoms in total. The summed E-state index contributed by atoms with van der Waals surface area (Å²) in [5, 5.41) is 5.83. The fraction of sp³-hybridized carbons (Fsp3) is 0.455. The van der Waals surface area contributed by atoms with E-state index in [-0.39, 0.29) is 0 Å². The van der Waals surface area contributed by atoms with Crippen LogP contribution in [0.4, 0.5) is 0 Å². The molecule has 2 aromatic heterocycles. The Hall–Kier alpha value is -1.36. The van der Waals surface area contributed by atoms with Gasteiger partial charge in [-0.05, 0) is 35.7 Å². The molecule has 0 aliphatic heterocycles. The molecule has 0 aliphatic carbocycles. The molecule has 2 rings (SSSR count). The van der Waals surface area contributed by atoms with Crippen LogP contribution >= 0.6 is 12.2 Å². The normalized spacial score (nSPS) is 13.2. The first kappa shape index (κ1) is 11.1. The quantitative estimate of drug-likeness (QED) is 0.715. The van der Waals surface area contributed by atoms with Crippen LogP contribution in [-0.4, -0.2) is 20.2 Å². The lowest BCUT2D eigenvalue weighted by atomic mass is 9.87. The van der Waals surface area contributed by atoms with E-state index in [0.29, 0.717) is 16.6 Å². The highest BCUT2D eigenvalue weighted by atomic mass is 32.1. The van der Waals surface area contributed by atoms with Gasteiger partial charge in [-0.3, -0.25) is 10.2 Å². The fourth-order valence-electron chi connectivity index (χ4n) is 1.91. The van der Waals surface area contributed by atoms with Crippen LogP contribution in [-0.2, 0) is 6.42 Å². The maximum atomic E-state index is 4.95. The average molecular weight is 236 g/mol. The Kier molecular flexibility index (Phi) is 3.24. The van der Waals surface area contributed by atoms with Crippen molar-refractivity contribution in [3.63, 3.8) is 0 Å². The maximum Gasteiger partial charge on any atom is 0.213 e. The second kappa shape index (κ2) is 4.65. The molecule has 0 aliphatic rings. The number of hydrogen-bond acceptors (Lipinski definition) is 2. The van der Waals surface area contributed by atoms with Gasteiger partial charge >= 0.3 is 0 Å². The van der Waals surface area contributed by atoms with E-state index in [2.05, 4.69) is 40.1 Å². The average Bonchev–Trinajstić information content (AvgIpc) is 2.84. The zero-order valence-corrected chi connectivity index (χ0v) is 10.3. The van der Waals surface area contributed by atoms with E-state index < -0.39 is 0 Å². The third-order valence-electron chi connectivity index (χ3n) is 2.82. The molecule has 0 amide bonds. The van der Waals surface area contributed by atoms with Gasteiger partial charge in [-0.1, -0.05) is 13.8 Å². The molecule has 0 bridgehead atoms. The third kappa shape index (κ3) is 2.41. The molecule has 0 saturated carbocycles. The highest BCUT2D eigenvalue weighted by Crippen LogP contribution is 2.26. The van der Waals surface area contributed by atoms with Crippen LogP contribution in [0.25, 0.3) is 0 Å². The zero-order chi connectivity index (χ0) is 11.5. The van der Waals surface area contributed by atoms with Crippen LogP contribution in [0.2, 0.25) is 0 Å². The minimum Gasteiger partial charge on any atom is -0.367 e. The van der Waals surface area contributed by atoms with Crippen LogP contribution in [0.1, 0.15) is 31.2 Å². The largest absolute Gasteiger partial charge is 0.367 e. The Balaban J connectivity index is 2.18. The van der Waals surface area contributed by atoms with Gasteiger partial charge in [0.1, 0.15) is 5.82 Å². The second-order valence-corrected chi connectivity index (χ2v) is 4.70. The number of aromatic nitrogens is 4. The van der Waals surface area contributed by atoms with Gasteiger partial charge in [-0.25, -0.2) is 4.98 Å². The Morgan fingerprint density at radius 2 is 2.19 bits per heavy atom. The molecular weight excluding hydrogens is 220 g/mol. The maximum absolute atomic E-state index is 4.95. The Bertz CT molecular complexity index is 480. The van der Waals surface area contributed by atoms with Crippen molar-refractivity contribution in [2.75, 3.05) is 0 Å². The number of H-pyrrole nitrogens is 3. The van der Waals surface area contributed by atoms with Gasteiger partial charge in [0.25, 0.3) is 0 Å². The van der Waals surface area contributed by atoms with Crippen LogP contribution in [0, 0.1) is 10.7 Å². The summed E-state index contributed by atoms with van der Waals surface area (Å²) in [5.41, 5.74) is 1.32. The monoisotopic (exact) mass is 236 g/mol. The SMILES string of the molecule is CC(C)C(Cc1nc(=S)[nH][nH]1)c1cc[nH]c1. The summed E-state index contributed by atoms with van der Waals surface area (Å²) in [7, 11) is 0. The zero-order valence-electron chi connectivity index (χ0n) is 9.45. The number of nitrogens with one attached hydrogen (secondary N) is 3. The molecule has 2 heterocycles. The van der Waals surface area contributed by atoms with E-state index >= 15 is 0 Å². The van der Waals surface area contributed by atoms with Crippen LogP contribution in [0.15, 0.2) is 18.5 Å². The van der Waals surface area contributed by atoms with Gasteiger partial charge in [-0.15, -0.1) is 0 Å². The minimum absolute atomic E-state index is 0.459. The molecule has 0 aromatic carbocycles. The molecule has 16 heavy (non-hydrogen) atoms. The molecule has 86 valence electrons. The van der Waals surface area contributed by atoms with Crippen LogP contribution in [0.3, 0.4) is 0 Å². The molecule has 0 saturated heterocycles. The van der Waals surface area contributed by atoms with E-state index in [4.69, 9.17) is 12.2 Å². The van der Waals surface area contributed by atoms with Gasteiger partial charge in [-0.2, -0.15) is 0 Å². The van der Waals surface area contributed by atoms with Crippen molar-refractivity contribution < 1.29 is 0 Å². The van der Waals surface area contributed by atoms with E-state index in [1.165, 1.54) is 5.56 Å². The molecular formula is C11H16N4S. The highest BCUT2D eigenvalue weighted by molar-refractivity contribution is 7.71. The standard InChI is InChI=1S/C11H16N4S/c1-7(2)9(8-3-4-12-6-8)5-10-13-11(16)15-14-10/h3-4,6-7,9,12H,5H2,1-2H3,(H2,13,14,15,16). The molecule has 1 unspecified atom stereocenters. The lowest BCUT2D eigenvalue weighted by molar-refractivity contribution is 0.487. The first-order chi connectivity index (χ1) is 7.66. The van der Waals surface area contributed by atoms with E-state index in [1.807, 2.05) is 12.4 Å². The molecule has 0 spiro atoms. The second-order valence-electron chi connectivity index (χ2n) is 4.31. The van der Waals surface area contributed by atoms with Crippen molar-refractivity contribution >= 4 is 12.2 Å². The summed E-state index contributed by atoms with van der Waals surface area (Å²) in [6.07, 6.45) is 4.88. The van der Waals surface area contributed by atoms with Gasteiger partial charge in [0.15, 0.2) is 0 Å². The summed E-state index contributed by atoms with van der Waals surface area (Å²) < 4.78 is 0.520. The molecule has 3 N–H and O–H groups in total. The van der Waals surface area contributed by atoms with E-state index in [1.54, 1.807) is 0 Å². The Morgan fingerprint density at radius 1 is 1.38 bits per heavy atom. The third-order valence-corrected chi connectivity index (χ3v) is 3.01. The van der Waals surface area contributed by atoms with Gasteiger partial charge in [0, 0.05) is 18.8 Å². The van der Waals surface area contributed by atoms with Crippen molar-refractivity contribution in [2.45, 2.75) is 26.2 Å². The van der Waals surface area contributed by atoms with Crippen molar-refractivity contribution in [1.82, 2.24) is 20.2 Å². The first-order valence-electron chi connectivity index (χ1n) is 5.43. The van der Waals surface area contributed by atoms with Crippen molar-refractivity contribution in [3.05, 3.63) is 34.6 Å². The number of nitrogens with zero attached hydrogens (tertiary/aromatic N) is 1. The van der Waals surface area contributed by atoms with Crippen molar-refractivity contribution in [3.8, 4) is 0 Å². The van der Waals surface area contributed by atoms with Crippen molar-refractivity contribution in [2.24, 2.45) is 5.92 Å². The predicted octanol–water partition coefficient (Wildman–Crippen LogP) is 2.78. The summed E-state index contributed by atoms with van der Waals surface area (Å²) >= 11 is 4.95. The van der Waals surface area contributed by atoms with Crippen LogP contribution in [0.5, 0.6) is 0 Å². The summed E-state index contributed by atoms with van der Waals surface area (Å²) in [4.78, 5) is 7.33. The Morgan fingerprint density at radius 3 is 2.69 bits per heavy atom. The number of hydrogen-bond donors (Lipinski definition) is 3. The smallest absolute Gasteiger partial charge is 0.213 e. The van der Waals surface area contributed by atoms with E-state index in [9.17, 15) is 0 Å². The van der Waals surface area contributed by atoms with E-state index in [0.717, 1.165) is 12.2 Å². The minimum atomic E-state index is 0.459. The van der Waals surface area contributed by atoms with Gasteiger partial charge in [0.2, 0.25) is 4.77 Å². The van der Waals surface area contributed by atoms with Crippen LogP contribution < -0.4 is 0 Å². The predicted molar refractivity (Wildman–Crippen MR) is 65.8 cm³/mol. The fourth-order valence-corrected chi connectivity index (χ4v) is 2.08. The summed E-state index contributed by atoms with van der Waals surface area (Å²) in [6.45, 7) is 4.44. The summed E-state index contributed by atoms with van der Waals surface area (Å²) in [5.74, 6) is 1.94. The first-order valence-corrected chi connectivity index (χ1v) is 5.84. The van der Waals surface area contributed by atoms with Crippen molar-refractivity contribution in [1.29, 1.82) is 0 Å². The lowest BCUT2D eigenvalue weighted by Gasteiger charge is -2.18. The van der Waals surface area contributed by atoms with Gasteiger partial charge < -0.3 is 4.98 Å². The highest BCUT2D eigenvalue weighted by Gasteiger charge is 2.18. The molecule has 0 radical (unpaired) electrons. The number of aromatic amines is 3. The van der Waals surface area contributed by atoms with Gasteiger partial charge in [0.05, 0.1) is 0 Å². The Labute approximate surface area is 99.5 Å². The lowest BCUT2D eigenvalue weighted by Crippen LogP contribution is -2.10. The molecule has 5 heteroatoms. The number of rotatable bonds is 4. The molecule has 0 fully saturated rings.